The molecule has 296 valence electrons. The monoisotopic (exact) mass is 764 g/mol. The maximum Gasteiger partial charge on any atom is 0.297 e. The Hall–Kier alpha value is -4.70. The van der Waals surface area contributed by atoms with E-state index in [1.807, 2.05) is 0 Å². The maximum atomic E-state index is 7.54. The molecule has 5 aromatic carbocycles. The fourth-order valence-corrected chi connectivity index (χ4v) is 11.8. The lowest BCUT2D eigenvalue weighted by molar-refractivity contribution is 0.188. The first-order valence-corrected chi connectivity index (χ1v) is 21.9. The van der Waals surface area contributed by atoms with Gasteiger partial charge >= 0.3 is 0 Å². The highest BCUT2D eigenvalue weighted by atomic mass is 16.3. The number of furan rings is 1. The van der Waals surface area contributed by atoms with E-state index < -0.39 is 0 Å². The van der Waals surface area contributed by atoms with Gasteiger partial charge in [-0.05, 0) is 180 Å². The minimum absolute atomic E-state index is 0.0206. The molecule has 0 radical (unpaired) electrons. The van der Waals surface area contributed by atoms with E-state index in [1.165, 1.54) is 126 Å². The number of aryl methyl sites for hydroxylation is 6. The second kappa shape index (κ2) is 12.0. The third-order valence-corrected chi connectivity index (χ3v) is 15.0. The molecular formula is C54H61BN2O. The van der Waals surface area contributed by atoms with Crippen LogP contribution in [0.3, 0.4) is 0 Å². The van der Waals surface area contributed by atoms with E-state index in [0.717, 1.165) is 11.2 Å². The summed E-state index contributed by atoms with van der Waals surface area (Å²) in [6.45, 7) is 32.7. The fourth-order valence-electron chi connectivity index (χ4n) is 11.8. The van der Waals surface area contributed by atoms with Crippen LogP contribution in [-0.2, 0) is 21.7 Å². The van der Waals surface area contributed by atoms with E-state index in [9.17, 15) is 0 Å². The Kier molecular flexibility index (Phi) is 7.74. The van der Waals surface area contributed by atoms with Crippen molar-refractivity contribution < 1.29 is 4.42 Å². The molecule has 0 amide bonds. The van der Waals surface area contributed by atoms with Gasteiger partial charge in [-0.2, -0.15) is 0 Å². The van der Waals surface area contributed by atoms with Gasteiger partial charge in [-0.1, -0.05) is 97.4 Å². The van der Waals surface area contributed by atoms with Crippen LogP contribution in [0.4, 0.5) is 34.1 Å². The van der Waals surface area contributed by atoms with Gasteiger partial charge in [0.2, 0.25) is 0 Å². The van der Waals surface area contributed by atoms with Crippen LogP contribution in [0.15, 0.2) is 71.1 Å². The highest BCUT2D eigenvalue weighted by molar-refractivity contribution is 7.00. The molecular weight excluding hydrogens is 703 g/mol. The number of anilines is 6. The van der Waals surface area contributed by atoms with Crippen LogP contribution in [0.5, 0.6) is 0 Å². The molecule has 3 nitrogen and oxygen atoms in total. The zero-order valence-corrected chi connectivity index (χ0v) is 37.6. The van der Waals surface area contributed by atoms with E-state index >= 15 is 0 Å². The van der Waals surface area contributed by atoms with Crippen LogP contribution in [0.1, 0.15) is 137 Å². The largest absolute Gasteiger partial charge is 0.468 e. The molecule has 3 aliphatic carbocycles. The van der Waals surface area contributed by atoms with Gasteiger partial charge in [0.25, 0.3) is 6.71 Å². The number of benzene rings is 5. The molecule has 2 aliphatic heterocycles. The molecule has 58 heavy (non-hydrogen) atoms. The first-order chi connectivity index (χ1) is 27.2. The number of fused-ring (bicyclic) bond motifs is 8. The Labute approximate surface area is 347 Å². The van der Waals surface area contributed by atoms with Crippen LogP contribution in [0, 0.1) is 41.5 Å². The van der Waals surface area contributed by atoms with Crippen molar-refractivity contribution in [2.45, 2.75) is 144 Å². The Balaban J connectivity index is 1.35. The standard InChI is InChI=1S/C54H61BN2O/c1-30-21-32(3)48(33(4)22-30)57-44-24-31(2)23-43-46(44)55(50-49(57)38-28-39-40(29-45(38)58-50)54(14)19-17-53(39,13)18-20-54)41-27-36(51(7,8)9)15-16-42(41)56(43)47-34(5)25-37(26-35(47)6)52(10,11)12/h15-16,21-29H,17-20H2,1-14H3. The average Bonchev–Trinajstić information content (AvgIpc) is 3.50. The molecule has 0 unspecified atom stereocenters. The molecule has 4 heteroatoms. The van der Waals surface area contributed by atoms with Gasteiger partial charge in [-0.25, -0.2) is 0 Å². The van der Waals surface area contributed by atoms with Gasteiger partial charge in [-0.15, -0.1) is 0 Å². The summed E-state index contributed by atoms with van der Waals surface area (Å²) in [5.41, 5.74) is 26.2. The zero-order chi connectivity index (χ0) is 41.2. The topological polar surface area (TPSA) is 19.6 Å². The number of rotatable bonds is 2. The summed E-state index contributed by atoms with van der Waals surface area (Å²) in [5.74, 6) is 0. The fraction of sp³-hybridized carbons (Fsp3) is 0.407. The van der Waals surface area contributed by atoms with Gasteiger partial charge in [-0.3, -0.25) is 0 Å². The van der Waals surface area contributed by atoms with Crippen molar-refractivity contribution in [1.29, 1.82) is 0 Å². The van der Waals surface area contributed by atoms with E-state index in [2.05, 4.69) is 173 Å². The van der Waals surface area contributed by atoms with E-state index in [4.69, 9.17) is 4.42 Å². The highest BCUT2D eigenvalue weighted by Gasteiger charge is 2.51. The summed E-state index contributed by atoms with van der Waals surface area (Å²) in [6, 6.07) is 26.9. The van der Waals surface area contributed by atoms with Crippen molar-refractivity contribution in [2.24, 2.45) is 0 Å². The maximum absolute atomic E-state index is 7.54. The van der Waals surface area contributed by atoms with E-state index in [-0.39, 0.29) is 28.4 Å². The molecule has 0 saturated heterocycles. The van der Waals surface area contributed by atoms with Crippen LogP contribution in [-0.4, -0.2) is 6.71 Å². The van der Waals surface area contributed by atoms with Crippen molar-refractivity contribution in [3.8, 4) is 0 Å². The smallest absolute Gasteiger partial charge is 0.297 e. The second-order valence-electron chi connectivity index (χ2n) is 21.6. The van der Waals surface area contributed by atoms with Crippen molar-refractivity contribution in [2.75, 3.05) is 9.80 Å². The van der Waals surface area contributed by atoms with Gasteiger partial charge in [0.15, 0.2) is 0 Å². The average molecular weight is 765 g/mol. The number of hydrogen-bond donors (Lipinski definition) is 0. The summed E-state index contributed by atoms with van der Waals surface area (Å²) in [7, 11) is 0. The van der Waals surface area contributed by atoms with Crippen molar-refractivity contribution in [3.05, 3.63) is 122 Å². The molecule has 0 N–H and O–H groups in total. The normalized spacial score (nSPS) is 20.7. The summed E-state index contributed by atoms with van der Waals surface area (Å²) < 4.78 is 7.54. The van der Waals surface area contributed by atoms with Crippen LogP contribution >= 0.6 is 0 Å². The highest BCUT2D eigenvalue weighted by Crippen LogP contribution is 2.58. The molecule has 1 fully saturated rings. The quantitative estimate of drug-likeness (QED) is 0.163. The predicted molar refractivity (Wildman–Crippen MR) is 249 cm³/mol. The van der Waals surface area contributed by atoms with Crippen LogP contribution in [0.25, 0.3) is 11.0 Å². The van der Waals surface area contributed by atoms with Gasteiger partial charge in [0.05, 0.1) is 22.7 Å². The minimum atomic E-state index is -0.0711. The lowest BCUT2D eigenvalue weighted by atomic mass is 9.35. The van der Waals surface area contributed by atoms with Crippen LogP contribution < -0.4 is 26.4 Å². The van der Waals surface area contributed by atoms with Crippen LogP contribution in [0.2, 0.25) is 0 Å². The molecule has 2 bridgehead atoms. The van der Waals surface area contributed by atoms with Gasteiger partial charge in [0.1, 0.15) is 5.58 Å². The lowest BCUT2D eigenvalue weighted by Crippen LogP contribution is -2.61. The zero-order valence-electron chi connectivity index (χ0n) is 37.6. The summed E-state index contributed by atoms with van der Waals surface area (Å²) in [5, 5.41) is 1.25. The lowest BCUT2D eigenvalue weighted by Gasteiger charge is -2.52. The Bertz CT molecular complexity index is 2710. The molecule has 0 atom stereocenters. The first kappa shape index (κ1) is 37.6. The van der Waals surface area contributed by atoms with Crippen molar-refractivity contribution in [1.82, 2.24) is 0 Å². The molecule has 6 aromatic rings. The Morgan fingerprint density at radius 2 is 1.03 bits per heavy atom. The number of hydrogen-bond acceptors (Lipinski definition) is 3. The molecule has 0 spiro atoms. The predicted octanol–water partition coefficient (Wildman–Crippen LogP) is 13.1. The van der Waals surface area contributed by atoms with E-state index in [0.29, 0.717) is 0 Å². The van der Waals surface area contributed by atoms with Gasteiger partial charge < -0.3 is 14.2 Å². The van der Waals surface area contributed by atoms with Gasteiger partial charge in [0, 0.05) is 22.4 Å². The molecule has 5 aliphatic rings. The molecule has 3 heterocycles. The molecule has 1 aromatic heterocycles. The second-order valence-corrected chi connectivity index (χ2v) is 21.6. The SMILES string of the molecule is Cc1cc(C)c(N2c3cc(C)cc4c3B(c3cc(C(C)(C)C)ccc3N4c3c(C)cc(C(C)(C)C)cc3C)c3oc4cc5c(cc4c32)C2(C)CCC5(C)CC2)c(C)c1. The molecule has 11 rings (SSSR count). The summed E-state index contributed by atoms with van der Waals surface area (Å²) in [6.07, 6.45) is 5.01. The van der Waals surface area contributed by atoms with Crippen molar-refractivity contribution >= 4 is 68.4 Å². The minimum Gasteiger partial charge on any atom is -0.468 e. The van der Waals surface area contributed by atoms with Crippen molar-refractivity contribution in [3.63, 3.8) is 0 Å². The first-order valence-electron chi connectivity index (χ1n) is 21.9. The third-order valence-electron chi connectivity index (χ3n) is 15.0. The third kappa shape index (κ3) is 5.18. The number of nitrogens with zero attached hydrogens (tertiary/aromatic N) is 2. The molecule has 1 saturated carbocycles. The summed E-state index contributed by atoms with van der Waals surface area (Å²) >= 11 is 0. The summed E-state index contributed by atoms with van der Waals surface area (Å²) in [4.78, 5) is 5.24. The van der Waals surface area contributed by atoms with E-state index in [1.54, 1.807) is 5.56 Å². The Morgan fingerprint density at radius 1 is 0.534 bits per heavy atom. The Morgan fingerprint density at radius 3 is 1.60 bits per heavy atom.